The Labute approximate surface area is 156 Å². The van der Waals surface area contributed by atoms with Crippen LogP contribution in [0.5, 0.6) is 0 Å². The number of aryl methyl sites for hydroxylation is 1. The Balaban J connectivity index is 0.000000228. The van der Waals surface area contributed by atoms with Crippen molar-refractivity contribution in [3.8, 4) is 11.1 Å². The van der Waals surface area contributed by atoms with E-state index in [1.165, 1.54) is 24.6 Å². The van der Waals surface area contributed by atoms with Crippen LogP contribution in [-0.4, -0.2) is 31.8 Å². The molecule has 2 aromatic carbocycles. The number of hydrogen-bond donors (Lipinski definition) is 2. The van der Waals surface area contributed by atoms with Gasteiger partial charge in [-0.3, -0.25) is 10.2 Å². The maximum absolute atomic E-state index is 13.5. The lowest BCUT2D eigenvalue weighted by atomic mass is 10.00. The molecule has 0 saturated carbocycles. The van der Waals surface area contributed by atoms with Crippen LogP contribution >= 0.6 is 11.9 Å². The van der Waals surface area contributed by atoms with Crippen molar-refractivity contribution in [1.82, 2.24) is 10.3 Å². The minimum absolute atomic E-state index is 0.00994. The summed E-state index contributed by atoms with van der Waals surface area (Å²) in [6.45, 7) is 3.38. The zero-order valence-corrected chi connectivity index (χ0v) is 15.5. The highest BCUT2D eigenvalue weighted by Gasteiger charge is 2.15. The van der Waals surface area contributed by atoms with Crippen LogP contribution in [0.2, 0.25) is 0 Å². The number of hydrogen-bond acceptors (Lipinski definition) is 5. The van der Waals surface area contributed by atoms with E-state index in [0.29, 0.717) is 28.2 Å². The molecule has 1 aliphatic rings. The molecule has 2 N–H and O–H groups in total. The molecule has 1 saturated heterocycles. The van der Waals surface area contributed by atoms with Crippen molar-refractivity contribution < 1.29 is 18.3 Å². The summed E-state index contributed by atoms with van der Waals surface area (Å²) in [5, 5.41) is 0.637. The van der Waals surface area contributed by atoms with Gasteiger partial charge in [0, 0.05) is 11.9 Å². The Morgan fingerprint density at radius 1 is 1.23 bits per heavy atom. The standard InChI is InChI=1S/C14H10F2O.C5H12N2OS/c1-9-5-11(6-12(8-17)14(9)16)10-3-2-4-13(15)7-10;1-6-7-9-5-2-3-8-4-5/h2-8H,1H3;5-7H,2-4H2,1H3. The van der Waals surface area contributed by atoms with Crippen molar-refractivity contribution in [2.24, 2.45) is 0 Å². The number of carbonyl (C=O) groups excluding carboxylic acids is 1. The number of ether oxygens (including phenoxy) is 1. The van der Waals surface area contributed by atoms with E-state index in [-0.39, 0.29) is 11.4 Å². The molecule has 0 bridgehead atoms. The van der Waals surface area contributed by atoms with Crippen LogP contribution in [0, 0.1) is 18.6 Å². The fourth-order valence-electron chi connectivity index (χ4n) is 2.47. The van der Waals surface area contributed by atoms with Crippen LogP contribution in [0.25, 0.3) is 11.1 Å². The average molecular weight is 380 g/mol. The van der Waals surface area contributed by atoms with Crippen molar-refractivity contribution in [2.45, 2.75) is 18.6 Å². The minimum atomic E-state index is -0.528. The summed E-state index contributed by atoms with van der Waals surface area (Å²) in [5.41, 5.74) is 4.46. The van der Waals surface area contributed by atoms with Gasteiger partial charge in [-0.25, -0.2) is 13.6 Å². The van der Waals surface area contributed by atoms with Crippen molar-refractivity contribution in [3.63, 3.8) is 0 Å². The molecule has 3 rings (SSSR count). The molecule has 2 aromatic rings. The van der Waals surface area contributed by atoms with Gasteiger partial charge in [0.15, 0.2) is 6.29 Å². The van der Waals surface area contributed by atoms with E-state index in [0.717, 1.165) is 13.2 Å². The SMILES string of the molecule is CNNSC1CCOC1.Cc1cc(-c2cccc(F)c2)cc(C=O)c1F. The third-order valence-corrected chi connectivity index (χ3v) is 4.81. The second kappa shape index (κ2) is 10.4. The summed E-state index contributed by atoms with van der Waals surface area (Å²) < 4.78 is 31.7. The quantitative estimate of drug-likeness (QED) is 0.468. The molecule has 0 aromatic heterocycles. The zero-order valence-electron chi connectivity index (χ0n) is 14.7. The van der Waals surface area contributed by atoms with Crippen molar-refractivity contribution in [1.29, 1.82) is 0 Å². The topological polar surface area (TPSA) is 50.4 Å². The van der Waals surface area contributed by atoms with E-state index < -0.39 is 5.82 Å². The molecule has 1 unspecified atom stereocenters. The number of nitrogens with one attached hydrogen (secondary N) is 2. The number of halogens is 2. The molecule has 1 fully saturated rings. The van der Waals surface area contributed by atoms with Crippen LogP contribution in [-0.2, 0) is 4.74 Å². The average Bonchev–Trinajstić information content (AvgIpc) is 3.16. The number of benzene rings is 2. The Bertz CT molecular complexity index is 737. The summed E-state index contributed by atoms with van der Waals surface area (Å²) in [6, 6.07) is 8.98. The molecular weight excluding hydrogens is 358 g/mol. The Morgan fingerprint density at radius 3 is 2.65 bits per heavy atom. The predicted molar refractivity (Wildman–Crippen MR) is 101 cm³/mol. The van der Waals surface area contributed by atoms with Gasteiger partial charge in [-0.1, -0.05) is 24.1 Å². The monoisotopic (exact) mass is 380 g/mol. The molecule has 0 spiro atoms. The van der Waals surface area contributed by atoms with Crippen LogP contribution in [0.1, 0.15) is 22.3 Å². The van der Waals surface area contributed by atoms with Gasteiger partial charge in [-0.05, 0) is 61.3 Å². The lowest BCUT2D eigenvalue weighted by molar-refractivity contribution is 0.111. The van der Waals surface area contributed by atoms with E-state index >= 15 is 0 Å². The predicted octanol–water partition coefficient (Wildman–Crippen LogP) is 3.90. The third kappa shape index (κ3) is 5.88. The minimum Gasteiger partial charge on any atom is -0.380 e. The maximum Gasteiger partial charge on any atom is 0.153 e. The highest BCUT2D eigenvalue weighted by Crippen LogP contribution is 2.24. The van der Waals surface area contributed by atoms with Crippen molar-refractivity contribution >= 4 is 18.2 Å². The van der Waals surface area contributed by atoms with Crippen molar-refractivity contribution in [3.05, 3.63) is 59.2 Å². The summed E-state index contributed by atoms with van der Waals surface area (Å²) in [6.07, 6.45) is 1.63. The zero-order chi connectivity index (χ0) is 18.9. The lowest BCUT2D eigenvalue weighted by Crippen LogP contribution is -2.23. The van der Waals surface area contributed by atoms with E-state index in [2.05, 4.69) is 10.3 Å². The van der Waals surface area contributed by atoms with Gasteiger partial charge in [0.1, 0.15) is 11.6 Å². The molecule has 1 heterocycles. The number of hydrazine groups is 1. The molecule has 26 heavy (non-hydrogen) atoms. The van der Waals surface area contributed by atoms with Gasteiger partial charge < -0.3 is 4.74 Å². The van der Waals surface area contributed by atoms with Gasteiger partial charge in [-0.15, -0.1) is 0 Å². The summed E-state index contributed by atoms with van der Waals surface area (Å²) in [7, 11) is 1.86. The molecule has 0 radical (unpaired) electrons. The molecule has 0 amide bonds. The molecular formula is C19H22F2N2O2S. The number of aldehydes is 1. The second-order valence-corrected chi connectivity index (χ2v) is 6.89. The highest BCUT2D eigenvalue weighted by atomic mass is 32.2. The Morgan fingerprint density at radius 2 is 2.04 bits per heavy atom. The van der Waals surface area contributed by atoms with Crippen LogP contribution < -0.4 is 10.3 Å². The van der Waals surface area contributed by atoms with Gasteiger partial charge in [-0.2, -0.15) is 0 Å². The Kier molecular flexibility index (Phi) is 8.18. The molecule has 1 atom stereocenters. The first kappa shape index (κ1) is 20.5. The molecule has 140 valence electrons. The van der Waals surface area contributed by atoms with Crippen LogP contribution in [0.3, 0.4) is 0 Å². The van der Waals surface area contributed by atoms with E-state index in [1.54, 1.807) is 37.1 Å². The summed E-state index contributed by atoms with van der Waals surface area (Å²) in [4.78, 5) is 13.7. The first-order valence-electron chi connectivity index (χ1n) is 8.21. The fourth-order valence-corrected chi connectivity index (χ4v) is 3.13. The normalized spacial score (nSPS) is 16.1. The van der Waals surface area contributed by atoms with E-state index in [1.807, 2.05) is 7.05 Å². The largest absolute Gasteiger partial charge is 0.380 e. The molecule has 7 heteroatoms. The third-order valence-electron chi connectivity index (χ3n) is 3.78. The second-order valence-electron chi connectivity index (χ2n) is 5.78. The molecule has 1 aliphatic heterocycles. The Hall–Kier alpha value is -1.80. The van der Waals surface area contributed by atoms with Crippen molar-refractivity contribution in [2.75, 3.05) is 20.3 Å². The summed E-state index contributed by atoms with van der Waals surface area (Å²) >= 11 is 1.70. The van der Waals surface area contributed by atoms with Crippen LogP contribution in [0.4, 0.5) is 8.78 Å². The van der Waals surface area contributed by atoms with E-state index in [4.69, 9.17) is 4.74 Å². The maximum atomic E-state index is 13.5. The first-order chi connectivity index (χ1) is 12.5. The lowest BCUT2D eigenvalue weighted by Gasteiger charge is -2.06. The van der Waals surface area contributed by atoms with E-state index in [9.17, 15) is 13.6 Å². The van der Waals surface area contributed by atoms with Gasteiger partial charge in [0.2, 0.25) is 0 Å². The van der Waals surface area contributed by atoms with Gasteiger partial charge in [0.05, 0.1) is 12.2 Å². The number of rotatable bonds is 5. The smallest absolute Gasteiger partial charge is 0.153 e. The van der Waals surface area contributed by atoms with Gasteiger partial charge in [0.25, 0.3) is 0 Å². The first-order valence-corrected chi connectivity index (χ1v) is 9.09. The highest BCUT2D eigenvalue weighted by molar-refractivity contribution is 7.98. The van der Waals surface area contributed by atoms with Crippen LogP contribution in [0.15, 0.2) is 36.4 Å². The molecule has 0 aliphatic carbocycles. The fraction of sp³-hybridized carbons (Fsp3) is 0.316. The number of carbonyl (C=O) groups is 1. The van der Waals surface area contributed by atoms with Gasteiger partial charge >= 0.3 is 0 Å². The molecule has 4 nitrogen and oxygen atoms in total. The summed E-state index contributed by atoms with van der Waals surface area (Å²) in [5.74, 6) is -0.891.